The molecule has 0 aromatic carbocycles. The number of ether oxygens (including phenoxy) is 1. The first kappa shape index (κ1) is 14.4. The second-order valence-corrected chi connectivity index (χ2v) is 4.82. The fraction of sp³-hybridized carbons (Fsp3) is 0.917. The molecule has 0 radical (unpaired) electrons. The van der Waals surface area contributed by atoms with Crippen molar-refractivity contribution in [3.05, 3.63) is 0 Å². The van der Waals surface area contributed by atoms with Gasteiger partial charge in [0.1, 0.15) is 0 Å². The summed E-state index contributed by atoms with van der Waals surface area (Å²) in [5.41, 5.74) is 0. The summed E-state index contributed by atoms with van der Waals surface area (Å²) in [6.45, 7) is 8.26. The molecule has 1 atom stereocenters. The molecule has 2 N–H and O–H groups in total. The summed E-state index contributed by atoms with van der Waals surface area (Å²) in [6.07, 6.45) is 0.826. The van der Waals surface area contributed by atoms with Crippen LogP contribution < -0.4 is 10.6 Å². The predicted molar refractivity (Wildman–Crippen MR) is 68.0 cm³/mol. The molecular formula is C12H25N3O2. The third-order valence-electron chi connectivity index (χ3n) is 2.76. The summed E-state index contributed by atoms with van der Waals surface area (Å²) in [4.78, 5) is 13.8. The quantitative estimate of drug-likeness (QED) is 0.679. The molecule has 100 valence electrons. The number of carbonyl (C=O) groups excluding carboxylic acids is 1. The van der Waals surface area contributed by atoms with Crippen LogP contribution in [0.25, 0.3) is 0 Å². The van der Waals surface area contributed by atoms with Gasteiger partial charge in [-0.15, -0.1) is 0 Å². The van der Waals surface area contributed by atoms with Gasteiger partial charge < -0.3 is 15.4 Å². The largest absolute Gasteiger partial charge is 0.374 e. The summed E-state index contributed by atoms with van der Waals surface area (Å²) in [5.74, 6) is 0.136. The molecule has 0 aliphatic carbocycles. The Morgan fingerprint density at radius 1 is 1.53 bits per heavy atom. The van der Waals surface area contributed by atoms with Crippen LogP contribution in [-0.4, -0.2) is 62.8 Å². The number of nitrogens with zero attached hydrogens (tertiary/aromatic N) is 1. The average molecular weight is 243 g/mol. The Morgan fingerprint density at radius 3 is 2.94 bits per heavy atom. The van der Waals surface area contributed by atoms with E-state index in [1.165, 1.54) is 0 Å². The zero-order valence-corrected chi connectivity index (χ0v) is 11.2. The molecule has 1 aliphatic heterocycles. The first-order chi connectivity index (χ1) is 8.11. The fourth-order valence-corrected chi connectivity index (χ4v) is 1.99. The van der Waals surface area contributed by atoms with Gasteiger partial charge in [-0.05, 0) is 20.9 Å². The van der Waals surface area contributed by atoms with E-state index in [-0.39, 0.29) is 18.1 Å². The Labute approximate surface area is 104 Å². The lowest BCUT2D eigenvalue weighted by atomic mass is 10.2. The maximum Gasteiger partial charge on any atom is 0.221 e. The molecule has 0 aromatic heterocycles. The van der Waals surface area contributed by atoms with Crippen LogP contribution in [0.5, 0.6) is 0 Å². The molecule has 1 aliphatic rings. The highest BCUT2D eigenvalue weighted by Crippen LogP contribution is 2.05. The van der Waals surface area contributed by atoms with E-state index < -0.39 is 0 Å². The second-order valence-electron chi connectivity index (χ2n) is 4.82. The molecule has 1 fully saturated rings. The Bertz CT molecular complexity index is 232. The number of hydrogen-bond acceptors (Lipinski definition) is 4. The third-order valence-corrected chi connectivity index (χ3v) is 2.76. The van der Waals surface area contributed by atoms with E-state index in [0.717, 1.165) is 32.8 Å². The van der Waals surface area contributed by atoms with Gasteiger partial charge >= 0.3 is 0 Å². The van der Waals surface area contributed by atoms with Crippen molar-refractivity contribution in [2.75, 3.05) is 39.8 Å². The number of amides is 1. The molecule has 1 heterocycles. The van der Waals surface area contributed by atoms with Gasteiger partial charge in [-0.1, -0.05) is 0 Å². The second kappa shape index (κ2) is 7.63. The third kappa shape index (κ3) is 6.00. The van der Waals surface area contributed by atoms with Gasteiger partial charge in [0.15, 0.2) is 0 Å². The van der Waals surface area contributed by atoms with Crippen LogP contribution in [0.2, 0.25) is 0 Å². The predicted octanol–water partition coefficient (Wildman–Crippen LogP) is -0.179. The van der Waals surface area contributed by atoms with E-state index >= 15 is 0 Å². The average Bonchev–Trinajstić information content (AvgIpc) is 2.26. The summed E-state index contributed by atoms with van der Waals surface area (Å²) in [5, 5.41) is 6.03. The molecule has 0 aromatic rings. The van der Waals surface area contributed by atoms with Crippen molar-refractivity contribution in [2.45, 2.75) is 32.4 Å². The molecule has 0 saturated carbocycles. The van der Waals surface area contributed by atoms with Crippen LogP contribution >= 0.6 is 0 Å². The molecular weight excluding hydrogens is 218 g/mol. The topological polar surface area (TPSA) is 53.6 Å². The molecule has 1 unspecified atom stereocenters. The number of hydrogen-bond donors (Lipinski definition) is 2. The van der Waals surface area contributed by atoms with Crippen molar-refractivity contribution in [3.8, 4) is 0 Å². The van der Waals surface area contributed by atoms with Crippen molar-refractivity contribution in [3.63, 3.8) is 0 Å². The summed E-state index contributed by atoms with van der Waals surface area (Å²) >= 11 is 0. The monoisotopic (exact) mass is 243 g/mol. The van der Waals surface area contributed by atoms with Gasteiger partial charge in [-0.2, -0.15) is 0 Å². The van der Waals surface area contributed by atoms with Gasteiger partial charge in [0.25, 0.3) is 0 Å². The molecule has 5 heteroatoms. The SMILES string of the molecule is CNCC1CN(CCC(=O)NC(C)C)CCO1. The van der Waals surface area contributed by atoms with E-state index in [1.54, 1.807) is 0 Å². The number of carbonyl (C=O) groups is 1. The minimum Gasteiger partial charge on any atom is -0.374 e. The van der Waals surface area contributed by atoms with Gasteiger partial charge in [0.05, 0.1) is 12.7 Å². The van der Waals surface area contributed by atoms with Crippen molar-refractivity contribution in [2.24, 2.45) is 0 Å². The zero-order valence-electron chi connectivity index (χ0n) is 11.2. The lowest BCUT2D eigenvalue weighted by molar-refractivity contribution is -0.122. The number of likely N-dealkylation sites (N-methyl/N-ethyl adjacent to an activating group) is 1. The minimum absolute atomic E-state index is 0.136. The normalized spacial score (nSPS) is 21.8. The summed E-state index contributed by atoms with van der Waals surface area (Å²) in [6, 6.07) is 0.226. The van der Waals surface area contributed by atoms with E-state index in [9.17, 15) is 4.79 Å². The van der Waals surface area contributed by atoms with Crippen LogP contribution in [0.15, 0.2) is 0 Å². The fourth-order valence-electron chi connectivity index (χ4n) is 1.99. The molecule has 0 bridgehead atoms. The van der Waals surface area contributed by atoms with Gasteiger partial charge in [0.2, 0.25) is 5.91 Å². The Kier molecular flexibility index (Phi) is 6.47. The Hall–Kier alpha value is -0.650. The smallest absolute Gasteiger partial charge is 0.221 e. The van der Waals surface area contributed by atoms with Gasteiger partial charge in [0, 0.05) is 38.6 Å². The Morgan fingerprint density at radius 2 is 2.29 bits per heavy atom. The first-order valence-corrected chi connectivity index (χ1v) is 6.39. The van der Waals surface area contributed by atoms with Crippen LogP contribution in [-0.2, 0) is 9.53 Å². The Balaban J connectivity index is 2.20. The molecule has 0 spiro atoms. The lowest BCUT2D eigenvalue weighted by Gasteiger charge is -2.32. The molecule has 1 amide bonds. The molecule has 17 heavy (non-hydrogen) atoms. The lowest BCUT2D eigenvalue weighted by Crippen LogP contribution is -2.47. The number of rotatable bonds is 6. The maximum atomic E-state index is 11.5. The molecule has 5 nitrogen and oxygen atoms in total. The highest BCUT2D eigenvalue weighted by Gasteiger charge is 2.20. The van der Waals surface area contributed by atoms with E-state index in [2.05, 4.69) is 15.5 Å². The van der Waals surface area contributed by atoms with Crippen LogP contribution in [0.4, 0.5) is 0 Å². The standard InChI is InChI=1S/C12H25N3O2/c1-10(2)14-12(16)4-5-15-6-7-17-11(9-15)8-13-3/h10-11,13H,4-9H2,1-3H3,(H,14,16). The number of nitrogens with one attached hydrogen (secondary N) is 2. The van der Waals surface area contributed by atoms with Crippen LogP contribution in [0.3, 0.4) is 0 Å². The van der Waals surface area contributed by atoms with Crippen molar-refractivity contribution >= 4 is 5.91 Å². The summed E-state index contributed by atoms with van der Waals surface area (Å²) in [7, 11) is 1.93. The van der Waals surface area contributed by atoms with E-state index in [4.69, 9.17) is 4.74 Å². The first-order valence-electron chi connectivity index (χ1n) is 6.39. The molecule has 1 rings (SSSR count). The van der Waals surface area contributed by atoms with Crippen LogP contribution in [0.1, 0.15) is 20.3 Å². The van der Waals surface area contributed by atoms with Crippen molar-refractivity contribution in [1.29, 1.82) is 0 Å². The van der Waals surface area contributed by atoms with Crippen molar-refractivity contribution < 1.29 is 9.53 Å². The van der Waals surface area contributed by atoms with Crippen molar-refractivity contribution in [1.82, 2.24) is 15.5 Å². The highest BCUT2D eigenvalue weighted by molar-refractivity contribution is 5.76. The van der Waals surface area contributed by atoms with Gasteiger partial charge in [-0.3, -0.25) is 9.69 Å². The molecule has 1 saturated heterocycles. The maximum absolute atomic E-state index is 11.5. The minimum atomic E-state index is 0.136. The van der Waals surface area contributed by atoms with Crippen LogP contribution in [0, 0.1) is 0 Å². The summed E-state index contributed by atoms with van der Waals surface area (Å²) < 4.78 is 5.62. The van der Waals surface area contributed by atoms with E-state index in [1.807, 2.05) is 20.9 Å². The highest BCUT2D eigenvalue weighted by atomic mass is 16.5. The van der Waals surface area contributed by atoms with E-state index in [0.29, 0.717) is 6.42 Å². The van der Waals surface area contributed by atoms with Gasteiger partial charge in [-0.25, -0.2) is 0 Å². The number of morpholine rings is 1. The zero-order chi connectivity index (χ0) is 12.7.